The van der Waals surface area contributed by atoms with Gasteiger partial charge in [0.05, 0.1) is 0 Å². The molecule has 0 saturated carbocycles. The van der Waals surface area contributed by atoms with Crippen LogP contribution in [0.3, 0.4) is 0 Å². The molecule has 0 aromatic rings. The van der Waals surface area contributed by atoms with Crippen LogP contribution in [0.5, 0.6) is 0 Å². The summed E-state index contributed by atoms with van der Waals surface area (Å²) < 4.78 is 12.0. The van der Waals surface area contributed by atoms with E-state index in [0.717, 1.165) is 0 Å². The fraction of sp³-hybridized carbons (Fsp3) is 0.286. The van der Waals surface area contributed by atoms with Crippen molar-refractivity contribution in [3.63, 3.8) is 0 Å². The summed E-state index contributed by atoms with van der Waals surface area (Å²) in [7, 11) is 1.48. The minimum Gasteiger partial charge on any atom is -0.336 e. The van der Waals surface area contributed by atoms with Gasteiger partial charge in [-0.25, -0.2) is 4.39 Å². The molecule has 0 aliphatic heterocycles. The van der Waals surface area contributed by atoms with Gasteiger partial charge >= 0.3 is 0 Å². The zero-order valence-electron chi connectivity index (χ0n) is 5.93. The second-order valence-electron chi connectivity index (χ2n) is 1.88. The molecule has 0 fully saturated rings. The number of carbonyl (C=O) groups excluding carboxylic acids is 1. The molecule has 0 radical (unpaired) electrons. The van der Waals surface area contributed by atoms with Crippen molar-refractivity contribution in [3.8, 4) is 0 Å². The highest BCUT2D eigenvalue weighted by Gasteiger charge is 2.09. The van der Waals surface area contributed by atoms with E-state index in [9.17, 15) is 9.18 Å². The highest BCUT2D eigenvalue weighted by atomic mass is 19.1. The van der Waals surface area contributed by atoms with E-state index < -0.39 is 11.7 Å². The lowest BCUT2D eigenvalue weighted by Crippen LogP contribution is -2.26. The summed E-state index contributed by atoms with van der Waals surface area (Å²) >= 11 is 0. The molecule has 0 saturated heterocycles. The molecule has 0 N–H and O–H groups in total. The van der Waals surface area contributed by atoms with Crippen LogP contribution in [0.4, 0.5) is 4.39 Å². The van der Waals surface area contributed by atoms with Crippen molar-refractivity contribution in [1.29, 1.82) is 0 Å². The molecule has 0 rings (SSSR count). The van der Waals surface area contributed by atoms with E-state index in [1.807, 2.05) is 0 Å². The summed E-state index contributed by atoms with van der Waals surface area (Å²) in [5.74, 6) is -1.63. The summed E-state index contributed by atoms with van der Waals surface area (Å²) in [4.78, 5) is 11.8. The van der Waals surface area contributed by atoms with E-state index in [4.69, 9.17) is 0 Å². The van der Waals surface area contributed by atoms with Gasteiger partial charge in [-0.15, -0.1) is 6.58 Å². The molecular formula is C7H10FNO. The fourth-order valence-electron chi connectivity index (χ4n) is 0.484. The topological polar surface area (TPSA) is 20.3 Å². The third-order valence-electron chi connectivity index (χ3n) is 0.982. The molecule has 1 amide bonds. The van der Waals surface area contributed by atoms with Crippen LogP contribution >= 0.6 is 0 Å². The molecule has 0 heterocycles. The van der Waals surface area contributed by atoms with Crippen LogP contribution in [-0.4, -0.2) is 24.4 Å². The van der Waals surface area contributed by atoms with Crippen LogP contribution in [0, 0.1) is 0 Å². The second-order valence-corrected chi connectivity index (χ2v) is 1.88. The third kappa shape index (κ3) is 2.44. The third-order valence-corrected chi connectivity index (χ3v) is 0.982. The maximum Gasteiger partial charge on any atom is 0.281 e. The summed E-state index contributed by atoms with van der Waals surface area (Å²) in [6.07, 6.45) is 1.51. The standard InChI is InChI=1S/C7H10FNO/c1-4-5-9(3)7(10)6(2)8/h4H,1-2,5H2,3H3. The Morgan fingerprint density at radius 1 is 1.80 bits per heavy atom. The van der Waals surface area contributed by atoms with Crippen LogP contribution in [0.2, 0.25) is 0 Å². The number of rotatable bonds is 3. The zero-order valence-corrected chi connectivity index (χ0v) is 5.93. The van der Waals surface area contributed by atoms with Crippen molar-refractivity contribution in [2.45, 2.75) is 0 Å². The zero-order chi connectivity index (χ0) is 8.15. The SMILES string of the molecule is C=CCN(C)C(=O)C(=C)F. The number of likely N-dealkylation sites (N-methyl/N-ethyl adjacent to an activating group) is 1. The van der Waals surface area contributed by atoms with Gasteiger partial charge < -0.3 is 4.90 Å². The highest BCUT2D eigenvalue weighted by Crippen LogP contribution is 1.97. The number of amides is 1. The van der Waals surface area contributed by atoms with Crippen LogP contribution in [0.1, 0.15) is 0 Å². The highest BCUT2D eigenvalue weighted by molar-refractivity contribution is 5.90. The molecule has 0 unspecified atom stereocenters. The Labute approximate surface area is 59.6 Å². The van der Waals surface area contributed by atoms with Gasteiger partial charge in [-0.3, -0.25) is 4.79 Å². The number of halogens is 1. The lowest BCUT2D eigenvalue weighted by Gasteiger charge is -2.11. The molecule has 0 aromatic heterocycles. The normalized spacial score (nSPS) is 8.60. The summed E-state index contributed by atoms with van der Waals surface area (Å²) in [5, 5.41) is 0. The predicted molar refractivity (Wildman–Crippen MR) is 38.1 cm³/mol. The molecule has 10 heavy (non-hydrogen) atoms. The van der Waals surface area contributed by atoms with Crippen LogP contribution in [-0.2, 0) is 4.79 Å². The van der Waals surface area contributed by atoms with Crippen LogP contribution in [0.15, 0.2) is 25.1 Å². The maximum atomic E-state index is 12.0. The van der Waals surface area contributed by atoms with E-state index >= 15 is 0 Å². The molecule has 3 heteroatoms. The van der Waals surface area contributed by atoms with E-state index in [2.05, 4.69) is 13.2 Å². The first-order chi connectivity index (χ1) is 4.59. The van der Waals surface area contributed by atoms with E-state index in [-0.39, 0.29) is 0 Å². The van der Waals surface area contributed by atoms with Gasteiger partial charge in [-0.05, 0) is 0 Å². The van der Waals surface area contributed by atoms with Crippen LogP contribution < -0.4 is 0 Å². The van der Waals surface area contributed by atoms with E-state index in [0.29, 0.717) is 6.54 Å². The smallest absolute Gasteiger partial charge is 0.281 e. The molecule has 56 valence electrons. The average Bonchev–Trinajstić information content (AvgIpc) is 1.87. The Morgan fingerprint density at radius 3 is 2.60 bits per heavy atom. The Morgan fingerprint density at radius 2 is 2.30 bits per heavy atom. The van der Waals surface area contributed by atoms with E-state index in [1.54, 1.807) is 0 Å². The van der Waals surface area contributed by atoms with Crippen molar-refractivity contribution in [1.82, 2.24) is 4.90 Å². The second kappa shape index (κ2) is 3.82. The van der Waals surface area contributed by atoms with E-state index in [1.165, 1.54) is 18.0 Å². The molecule has 0 atom stereocenters. The first-order valence-electron chi connectivity index (χ1n) is 2.80. The Kier molecular flexibility index (Phi) is 3.39. The summed E-state index contributed by atoms with van der Waals surface area (Å²) in [6.45, 7) is 6.60. The van der Waals surface area contributed by atoms with Crippen molar-refractivity contribution in [2.24, 2.45) is 0 Å². The number of hydrogen-bond acceptors (Lipinski definition) is 1. The molecule has 0 aliphatic rings. The van der Waals surface area contributed by atoms with Gasteiger partial charge in [0.1, 0.15) is 0 Å². The first kappa shape index (κ1) is 8.88. The molecule has 0 spiro atoms. The minimum absolute atomic E-state index is 0.335. The molecule has 0 aromatic carbocycles. The largest absolute Gasteiger partial charge is 0.336 e. The van der Waals surface area contributed by atoms with Gasteiger partial charge in [0, 0.05) is 13.6 Å². The number of hydrogen-bond donors (Lipinski definition) is 0. The average molecular weight is 143 g/mol. The van der Waals surface area contributed by atoms with Crippen molar-refractivity contribution in [3.05, 3.63) is 25.1 Å². The summed E-state index contributed by atoms with van der Waals surface area (Å²) in [6, 6.07) is 0. The van der Waals surface area contributed by atoms with Crippen molar-refractivity contribution >= 4 is 5.91 Å². The molecule has 0 aliphatic carbocycles. The lowest BCUT2D eigenvalue weighted by atomic mass is 10.4. The van der Waals surface area contributed by atoms with Gasteiger partial charge in [-0.1, -0.05) is 12.7 Å². The number of carbonyl (C=O) groups is 1. The Hall–Kier alpha value is -1.12. The monoisotopic (exact) mass is 143 g/mol. The Bertz CT molecular complexity index is 165. The number of nitrogens with zero attached hydrogens (tertiary/aromatic N) is 1. The van der Waals surface area contributed by atoms with Crippen molar-refractivity contribution in [2.75, 3.05) is 13.6 Å². The quantitative estimate of drug-likeness (QED) is 0.428. The van der Waals surface area contributed by atoms with Crippen LogP contribution in [0.25, 0.3) is 0 Å². The van der Waals surface area contributed by atoms with Gasteiger partial charge in [0.2, 0.25) is 0 Å². The van der Waals surface area contributed by atoms with Gasteiger partial charge in [-0.2, -0.15) is 0 Å². The van der Waals surface area contributed by atoms with Crippen molar-refractivity contribution < 1.29 is 9.18 Å². The lowest BCUT2D eigenvalue weighted by molar-refractivity contribution is -0.126. The Balaban J connectivity index is 3.94. The molecule has 0 bridgehead atoms. The maximum absolute atomic E-state index is 12.0. The summed E-state index contributed by atoms with van der Waals surface area (Å²) in [5.41, 5.74) is 0. The first-order valence-corrected chi connectivity index (χ1v) is 2.80. The molecular weight excluding hydrogens is 133 g/mol. The molecule has 2 nitrogen and oxygen atoms in total. The van der Waals surface area contributed by atoms with Gasteiger partial charge in [0.15, 0.2) is 5.83 Å². The minimum atomic E-state index is -0.940. The van der Waals surface area contributed by atoms with Gasteiger partial charge in [0.25, 0.3) is 5.91 Å². The fourth-order valence-corrected chi connectivity index (χ4v) is 0.484. The predicted octanol–water partition coefficient (Wildman–Crippen LogP) is 1.11.